The zero-order chi connectivity index (χ0) is 10.7. The minimum atomic E-state index is -0.679. The van der Waals surface area contributed by atoms with Crippen molar-refractivity contribution in [3.8, 4) is 0 Å². The average Bonchev–Trinajstić information content (AvgIpc) is 2.17. The number of anilines is 1. The van der Waals surface area contributed by atoms with Gasteiger partial charge in [-0.2, -0.15) is 0 Å². The van der Waals surface area contributed by atoms with Gasteiger partial charge >= 0.3 is 5.69 Å². The van der Waals surface area contributed by atoms with Crippen LogP contribution in [0.15, 0.2) is 12.3 Å². The van der Waals surface area contributed by atoms with E-state index in [1.54, 1.807) is 0 Å². The molecule has 1 aromatic rings. The molecule has 1 heterocycles. The second kappa shape index (κ2) is 3.99. The largest absolute Gasteiger partial charge is 0.394 e. The number of nitro groups is 1. The van der Waals surface area contributed by atoms with Crippen LogP contribution in [0.5, 0.6) is 0 Å². The predicted molar refractivity (Wildman–Crippen MR) is 49.3 cm³/mol. The van der Waals surface area contributed by atoms with Crippen molar-refractivity contribution >= 4 is 11.5 Å². The van der Waals surface area contributed by atoms with Gasteiger partial charge in [-0.05, 0) is 5.56 Å². The summed E-state index contributed by atoms with van der Waals surface area (Å²) in [6.07, 6.45) is 1.31. The summed E-state index contributed by atoms with van der Waals surface area (Å²) >= 11 is 0. The molecule has 1 atom stereocenters. The van der Waals surface area contributed by atoms with E-state index in [9.17, 15) is 10.1 Å². The second-order valence-corrected chi connectivity index (χ2v) is 2.72. The van der Waals surface area contributed by atoms with Crippen LogP contribution < -0.4 is 11.5 Å². The normalized spacial score (nSPS) is 12.4. The van der Waals surface area contributed by atoms with Crippen LogP contribution in [0, 0.1) is 10.1 Å². The highest BCUT2D eigenvalue weighted by atomic mass is 16.6. The number of pyridine rings is 1. The summed E-state index contributed by atoms with van der Waals surface area (Å²) in [6.45, 7) is -0.303. The summed E-state index contributed by atoms with van der Waals surface area (Å²) in [5.41, 5.74) is 10.8. The van der Waals surface area contributed by atoms with Gasteiger partial charge in [0.2, 0.25) is 5.82 Å². The van der Waals surface area contributed by atoms with Gasteiger partial charge in [0.15, 0.2) is 0 Å². The van der Waals surface area contributed by atoms with Crippen LogP contribution in [-0.2, 0) is 0 Å². The first-order valence-electron chi connectivity index (χ1n) is 3.82. The minimum absolute atomic E-state index is 0.163. The van der Waals surface area contributed by atoms with Gasteiger partial charge in [-0.3, -0.25) is 10.1 Å². The van der Waals surface area contributed by atoms with Crippen molar-refractivity contribution in [2.45, 2.75) is 6.04 Å². The van der Waals surface area contributed by atoms with Crippen LogP contribution in [-0.4, -0.2) is 21.6 Å². The predicted octanol–water partition coefficient (Wildman–Crippen LogP) is -0.436. The lowest BCUT2D eigenvalue weighted by Gasteiger charge is -2.07. The number of hydrogen-bond donors (Lipinski definition) is 3. The molecule has 0 amide bonds. The van der Waals surface area contributed by atoms with Crippen LogP contribution in [0.2, 0.25) is 0 Å². The van der Waals surface area contributed by atoms with Crippen molar-refractivity contribution in [2.75, 3.05) is 12.3 Å². The quantitative estimate of drug-likeness (QED) is 0.446. The Morgan fingerprint density at radius 1 is 1.71 bits per heavy atom. The van der Waals surface area contributed by atoms with E-state index in [0.29, 0.717) is 5.56 Å². The molecule has 0 radical (unpaired) electrons. The van der Waals surface area contributed by atoms with Crippen LogP contribution in [0.3, 0.4) is 0 Å². The van der Waals surface area contributed by atoms with Gasteiger partial charge in [-0.15, -0.1) is 0 Å². The van der Waals surface area contributed by atoms with E-state index in [2.05, 4.69) is 4.98 Å². The van der Waals surface area contributed by atoms with Crippen molar-refractivity contribution in [1.82, 2.24) is 4.98 Å². The number of hydrogen-bond acceptors (Lipinski definition) is 6. The lowest BCUT2D eigenvalue weighted by atomic mass is 10.1. The van der Waals surface area contributed by atoms with E-state index in [-0.39, 0.29) is 18.1 Å². The molecule has 0 bridgehead atoms. The highest BCUT2D eigenvalue weighted by Crippen LogP contribution is 2.21. The van der Waals surface area contributed by atoms with Crippen molar-refractivity contribution < 1.29 is 10.0 Å². The standard InChI is InChI=1S/C7H10N4O3/c8-5(3-12)4-1-6(11(13)14)7(9)10-2-4/h1-2,5,12H,3,8H2,(H2,9,10)/t5-/m1/s1. The molecular weight excluding hydrogens is 188 g/mol. The Labute approximate surface area is 79.5 Å². The number of nitrogen functional groups attached to an aromatic ring is 1. The monoisotopic (exact) mass is 198 g/mol. The molecule has 0 aliphatic rings. The summed E-state index contributed by atoms with van der Waals surface area (Å²) in [7, 11) is 0. The Hall–Kier alpha value is -1.73. The maximum atomic E-state index is 10.5. The van der Waals surface area contributed by atoms with Gasteiger partial charge < -0.3 is 16.6 Å². The maximum Gasteiger partial charge on any atom is 0.311 e. The van der Waals surface area contributed by atoms with E-state index < -0.39 is 11.0 Å². The van der Waals surface area contributed by atoms with Gasteiger partial charge in [0.1, 0.15) is 0 Å². The Bertz CT molecular complexity index is 355. The van der Waals surface area contributed by atoms with Crippen LogP contribution in [0.4, 0.5) is 11.5 Å². The fraction of sp³-hybridized carbons (Fsp3) is 0.286. The second-order valence-electron chi connectivity index (χ2n) is 2.72. The lowest BCUT2D eigenvalue weighted by molar-refractivity contribution is -0.384. The molecule has 0 aliphatic carbocycles. The van der Waals surface area contributed by atoms with Crippen LogP contribution in [0.25, 0.3) is 0 Å². The van der Waals surface area contributed by atoms with Gasteiger partial charge in [0.05, 0.1) is 17.6 Å². The van der Waals surface area contributed by atoms with E-state index in [0.717, 1.165) is 0 Å². The highest BCUT2D eigenvalue weighted by Gasteiger charge is 2.15. The first-order chi connectivity index (χ1) is 6.56. The minimum Gasteiger partial charge on any atom is -0.394 e. The zero-order valence-corrected chi connectivity index (χ0v) is 7.25. The molecule has 1 aromatic heterocycles. The summed E-state index contributed by atoms with van der Waals surface area (Å²) in [5, 5.41) is 19.2. The molecule has 1 rings (SSSR count). The molecule has 0 aromatic carbocycles. The highest BCUT2D eigenvalue weighted by molar-refractivity contribution is 5.53. The fourth-order valence-electron chi connectivity index (χ4n) is 0.934. The molecule has 0 saturated carbocycles. The molecule has 7 heteroatoms. The Kier molecular flexibility index (Phi) is 2.95. The summed E-state index contributed by atoms with van der Waals surface area (Å²) in [6, 6.07) is 0.533. The number of aliphatic hydroxyl groups excluding tert-OH is 1. The first-order valence-corrected chi connectivity index (χ1v) is 3.82. The molecule has 0 unspecified atom stereocenters. The summed E-state index contributed by atoms with van der Waals surface area (Å²) in [4.78, 5) is 13.4. The lowest BCUT2D eigenvalue weighted by Crippen LogP contribution is -2.15. The number of aliphatic hydroxyl groups is 1. The third-order valence-corrected chi connectivity index (χ3v) is 1.74. The van der Waals surface area contributed by atoms with E-state index in [1.807, 2.05) is 0 Å². The van der Waals surface area contributed by atoms with Gasteiger partial charge in [0.25, 0.3) is 0 Å². The molecule has 7 nitrogen and oxygen atoms in total. The van der Waals surface area contributed by atoms with E-state index in [1.165, 1.54) is 12.3 Å². The molecule has 0 fully saturated rings. The Morgan fingerprint density at radius 2 is 2.36 bits per heavy atom. The number of aromatic nitrogens is 1. The zero-order valence-electron chi connectivity index (χ0n) is 7.25. The van der Waals surface area contributed by atoms with Crippen molar-refractivity contribution in [1.29, 1.82) is 0 Å². The third kappa shape index (κ3) is 1.95. The number of rotatable bonds is 3. The molecule has 0 aliphatic heterocycles. The van der Waals surface area contributed by atoms with Gasteiger partial charge in [0, 0.05) is 12.3 Å². The van der Waals surface area contributed by atoms with Crippen molar-refractivity contribution in [2.24, 2.45) is 5.73 Å². The molecular formula is C7H10N4O3. The molecule has 0 spiro atoms. The fourth-order valence-corrected chi connectivity index (χ4v) is 0.934. The SMILES string of the molecule is Nc1ncc([C@H](N)CO)cc1[N+](=O)[O-]. The van der Waals surface area contributed by atoms with Crippen LogP contribution in [0.1, 0.15) is 11.6 Å². The number of nitrogens with zero attached hydrogens (tertiary/aromatic N) is 2. The van der Waals surface area contributed by atoms with E-state index >= 15 is 0 Å². The molecule has 0 saturated heterocycles. The molecule has 5 N–H and O–H groups in total. The van der Waals surface area contributed by atoms with Crippen LogP contribution >= 0.6 is 0 Å². The topological polar surface area (TPSA) is 128 Å². The Balaban J connectivity index is 3.12. The number of nitrogens with two attached hydrogens (primary N) is 2. The smallest absolute Gasteiger partial charge is 0.311 e. The van der Waals surface area contributed by atoms with Crippen molar-refractivity contribution in [3.63, 3.8) is 0 Å². The van der Waals surface area contributed by atoms with E-state index in [4.69, 9.17) is 16.6 Å². The summed E-state index contributed by atoms with van der Waals surface area (Å²) < 4.78 is 0. The maximum absolute atomic E-state index is 10.5. The first kappa shape index (κ1) is 10.4. The molecule has 76 valence electrons. The third-order valence-electron chi connectivity index (χ3n) is 1.74. The van der Waals surface area contributed by atoms with Gasteiger partial charge in [-0.25, -0.2) is 4.98 Å². The average molecular weight is 198 g/mol. The summed E-state index contributed by atoms with van der Waals surface area (Å²) in [5.74, 6) is -0.163. The van der Waals surface area contributed by atoms with Gasteiger partial charge in [-0.1, -0.05) is 0 Å². The Morgan fingerprint density at radius 3 is 2.86 bits per heavy atom. The molecule has 14 heavy (non-hydrogen) atoms. The van der Waals surface area contributed by atoms with Crippen molar-refractivity contribution in [3.05, 3.63) is 27.9 Å².